The number of carbonyl (C=O) groups excluding carboxylic acids is 1. The Morgan fingerprint density at radius 1 is 0.966 bits per heavy atom. The standard InChI is InChI=1S/C21H14F3N3OS/c22-21(23,24)13-8-4-7-12(9-13)15-10-14(11-5-2-1-3-6-11)16-17(25)18(19(26)28)29-20(16)27-15/h1-10H,25H2,(H2,26,28). The first-order valence-corrected chi connectivity index (χ1v) is 9.33. The number of nitrogens with two attached hydrogens (primary N) is 2. The maximum Gasteiger partial charge on any atom is 0.416 e. The van der Waals surface area contributed by atoms with Gasteiger partial charge in [0.15, 0.2) is 0 Å². The fraction of sp³-hybridized carbons (Fsp3) is 0.0476. The highest BCUT2D eigenvalue weighted by atomic mass is 32.1. The number of halogens is 3. The molecule has 0 spiro atoms. The maximum absolute atomic E-state index is 13.1. The molecule has 0 atom stereocenters. The van der Waals surface area contributed by atoms with E-state index in [4.69, 9.17) is 11.5 Å². The van der Waals surface area contributed by atoms with E-state index < -0.39 is 17.6 Å². The van der Waals surface area contributed by atoms with Crippen LogP contribution in [0.4, 0.5) is 18.9 Å². The monoisotopic (exact) mass is 413 g/mol. The zero-order chi connectivity index (χ0) is 20.8. The number of alkyl halides is 3. The molecule has 29 heavy (non-hydrogen) atoms. The smallest absolute Gasteiger partial charge is 0.397 e. The van der Waals surface area contributed by atoms with Gasteiger partial charge < -0.3 is 11.5 Å². The molecule has 0 saturated carbocycles. The molecule has 4 rings (SSSR count). The summed E-state index contributed by atoms with van der Waals surface area (Å²) in [6.45, 7) is 0. The number of amides is 1. The summed E-state index contributed by atoms with van der Waals surface area (Å²) in [5.74, 6) is -0.676. The van der Waals surface area contributed by atoms with Gasteiger partial charge in [-0.1, -0.05) is 42.5 Å². The van der Waals surface area contributed by atoms with Crippen LogP contribution in [0, 0.1) is 0 Å². The summed E-state index contributed by atoms with van der Waals surface area (Å²) in [6.07, 6.45) is -4.46. The number of nitrogens with zero attached hydrogens (tertiary/aromatic N) is 1. The molecule has 0 radical (unpaired) electrons. The lowest BCUT2D eigenvalue weighted by atomic mass is 9.99. The fourth-order valence-corrected chi connectivity index (χ4v) is 4.12. The summed E-state index contributed by atoms with van der Waals surface area (Å²) in [6, 6.07) is 15.9. The van der Waals surface area contributed by atoms with Crippen LogP contribution in [0.5, 0.6) is 0 Å². The second-order valence-corrected chi connectivity index (χ2v) is 7.39. The van der Waals surface area contributed by atoms with E-state index in [1.165, 1.54) is 6.07 Å². The Bertz CT molecular complexity index is 1230. The number of aromatic nitrogens is 1. The first kappa shape index (κ1) is 18.9. The lowest BCUT2D eigenvalue weighted by Gasteiger charge is -2.11. The number of fused-ring (bicyclic) bond motifs is 1. The van der Waals surface area contributed by atoms with Crippen molar-refractivity contribution in [2.45, 2.75) is 6.18 Å². The number of primary amides is 1. The van der Waals surface area contributed by atoms with E-state index in [0.717, 1.165) is 29.0 Å². The number of nitrogen functional groups attached to an aromatic ring is 1. The van der Waals surface area contributed by atoms with Crippen LogP contribution in [0.3, 0.4) is 0 Å². The third-order valence-corrected chi connectivity index (χ3v) is 5.61. The molecule has 0 unspecified atom stereocenters. The number of rotatable bonds is 3. The van der Waals surface area contributed by atoms with Gasteiger partial charge in [0.1, 0.15) is 9.71 Å². The average Bonchev–Trinajstić information content (AvgIpc) is 3.04. The minimum atomic E-state index is -4.46. The maximum atomic E-state index is 13.1. The number of hydrogen-bond acceptors (Lipinski definition) is 4. The molecule has 8 heteroatoms. The predicted octanol–water partition coefficient (Wildman–Crippen LogP) is 5.33. The van der Waals surface area contributed by atoms with E-state index in [2.05, 4.69) is 4.98 Å². The highest BCUT2D eigenvalue weighted by Crippen LogP contribution is 2.41. The Balaban J connectivity index is 2.01. The zero-order valence-corrected chi connectivity index (χ0v) is 15.6. The van der Waals surface area contributed by atoms with Gasteiger partial charge in [0.05, 0.1) is 16.9 Å². The molecule has 0 aliphatic heterocycles. The molecule has 0 aliphatic carbocycles. The molecule has 2 aromatic carbocycles. The van der Waals surface area contributed by atoms with E-state index in [-0.39, 0.29) is 10.6 Å². The number of thiophene rings is 1. The second kappa shape index (κ2) is 6.89. The van der Waals surface area contributed by atoms with Gasteiger partial charge in [-0.15, -0.1) is 11.3 Å². The van der Waals surface area contributed by atoms with Crippen molar-refractivity contribution >= 4 is 33.1 Å². The van der Waals surface area contributed by atoms with E-state index in [0.29, 0.717) is 27.0 Å². The minimum Gasteiger partial charge on any atom is -0.397 e. The summed E-state index contributed by atoms with van der Waals surface area (Å²) in [5.41, 5.74) is 13.2. The van der Waals surface area contributed by atoms with E-state index in [9.17, 15) is 18.0 Å². The van der Waals surface area contributed by atoms with Gasteiger partial charge in [0.2, 0.25) is 0 Å². The summed E-state index contributed by atoms with van der Waals surface area (Å²) in [5, 5.41) is 0.561. The van der Waals surface area contributed by atoms with Gasteiger partial charge in [0, 0.05) is 10.9 Å². The average molecular weight is 413 g/mol. The lowest BCUT2D eigenvalue weighted by Crippen LogP contribution is -2.10. The van der Waals surface area contributed by atoms with Crippen molar-refractivity contribution in [1.82, 2.24) is 4.98 Å². The van der Waals surface area contributed by atoms with Crippen LogP contribution < -0.4 is 11.5 Å². The number of pyridine rings is 1. The van der Waals surface area contributed by atoms with Crippen molar-refractivity contribution in [1.29, 1.82) is 0 Å². The molecular weight excluding hydrogens is 399 g/mol. The molecule has 0 aliphatic rings. The van der Waals surface area contributed by atoms with Gasteiger partial charge in [-0.25, -0.2) is 4.98 Å². The van der Waals surface area contributed by atoms with Crippen LogP contribution in [0.15, 0.2) is 60.7 Å². The topological polar surface area (TPSA) is 82.0 Å². The third kappa shape index (κ3) is 3.42. The van der Waals surface area contributed by atoms with Crippen LogP contribution >= 0.6 is 11.3 Å². The highest BCUT2D eigenvalue weighted by Gasteiger charge is 2.30. The molecule has 4 N–H and O–H groups in total. The van der Waals surface area contributed by atoms with Crippen LogP contribution in [0.25, 0.3) is 32.6 Å². The first-order valence-electron chi connectivity index (χ1n) is 8.51. The van der Waals surface area contributed by atoms with Gasteiger partial charge in [-0.05, 0) is 29.3 Å². The minimum absolute atomic E-state index is 0.172. The molecular formula is C21H14F3N3OS. The lowest BCUT2D eigenvalue weighted by molar-refractivity contribution is -0.137. The quantitative estimate of drug-likeness (QED) is 0.476. The number of anilines is 1. The van der Waals surface area contributed by atoms with Crippen LogP contribution in [0.1, 0.15) is 15.2 Å². The van der Waals surface area contributed by atoms with Crippen LogP contribution in [-0.2, 0) is 6.18 Å². The second-order valence-electron chi connectivity index (χ2n) is 6.39. The molecule has 1 amide bonds. The molecule has 0 fully saturated rings. The van der Waals surface area contributed by atoms with Gasteiger partial charge in [0.25, 0.3) is 5.91 Å². The molecule has 4 aromatic rings. The Hall–Kier alpha value is -3.39. The van der Waals surface area contributed by atoms with Gasteiger partial charge >= 0.3 is 6.18 Å². The number of hydrogen-bond donors (Lipinski definition) is 2. The molecule has 2 aromatic heterocycles. The largest absolute Gasteiger partial charge is 0.416 e. The van der Waals surface area contributed by atoms with Crippen molar-refractivity contribution in [3.8, 4) is 22.4 Å². The van der Waals surface area contributed by atoms with Gasteiger partial charge in [-0.3, -0.25) is 4.79 Å². The Morgan fingerprint density at radius 2 is 1.66 bits per heavy atom. The zero-order valence-electron chi connectivity index (χ0n) is 14.8. The van der Waals surface area contributed by atoms with Crippen molar-refractivity contribution < 1.29 is 18.0 Å². The number of carbonyl (C=O) groups is 1. The molecule has 0 saturated heterocycles. The van der Waals surface area contributed by atoms with Crippen molar-refractivity contribution in [2.24, 2.45) is 5.73 Å². The molecule has 0 bridgehead atoms. The Kier molecular flexibility index (Phi) is 4.50. The van der Waals surface area contributed by atoms with E-state index in [1.54, 1.807) is 12.1 Å². The Morgan fingerprint density at radius 3 is 2.31 bits per heavy atom. The first-order chi connectivity index (χ1) is 13.8. The van der Waals surface area contributed by atoms with E-state index in [1.807, 2.05) is 30.3 Å². The Labute approximate surface area is 167 Å². The van der Waals surface area contributed by atoms with Crippen LogP contribution in [0.2, 0.25) is 0 Å². The molecule has 2 heterocycles. The molecule has 146 valence electrons. The summed E-state index contributed by atoms with van der Waals surface area (Å²) >= 11 is 1.03. The normalized spacial score (nSPS) is 11.7. The van der Waals surface area contributed by atoms with E-state index >= 15 is 0 Å². The summed E-state index contributed by atoms with van der Waals surface area (Å²) in [4.78, 5) is 16.8. The summed E-state index contributed by atoms with van der Waals surface area (Å²) in [7, 11) is 0. The van der Waals surface area contributed by atoms with Crippen molar-refractivity contribution in [2.75, 3.05) is 5.73 Å². The number of benzene rings is 2. The SMILES string of the molecule is NC(=O)c1sc2nc(-c3cccc(C(F)(F)F)c3)cc(-c3ccccc3)c2c1N. The van der Waals surface area contributed by atoms with Crippen LogP contribution in [-0.4, -0.2) is 10.9 Å². The van der Waals surface area contributed by atoms with Crippen molar-refractivity contribution in [3.63, 3.8) is 0 Å². The summed E-state index contributed by atoms with van der Waals surface area (Å²) < 4.78 is 39.4. The van der Waals surface area contributed by atoms with Gasteiger partial charge in [-0.2, -0.15) is 13.2 Å². The molecule has 4 nitrogen and oxygen atoms in total. The van der Waals surface area contributed by atoms with Crippen molar-refractivity contribution in [3.05, 3.63) is 71.1 Å². The fourth-order valence-electron chi connectivity index (χ4n) is 3.15. The predicted molar refractivity (Wildman–Crippen MR) is 108 cm³/mol. The highest BCUT2D eigenvalue weighted by molar-refractivity contribution is 7.21. The third-order valence-electron chi connectivity index (χ3n) is 4.49.